The largest absolute Gasteiger partial charge is 0.507 e. The van der Waals surface area contributed by atoms with E-state index in [4.69, 9.17) is 14.5 Å². The summed E-state index contributed by atoms with van der Waals surface area (Å²) in [4.78, 5) is 49.1. The summed E-state index contributed by atoms with van der Waals surface area (Å²) in [5, 5.41) is 38.9. The molecule has 0 spiro atoms. The lowest BCUT2D eigenvalue weighted by Crippen LogP contribution is -2.48. The van der Waals surface area contributed by atoms with Crippen molar-refractivity contribution in [1.29, 1.82) is 0 Å². The van der Waals surface area contributed by atoms with Crippen LogP contribution < -0.4 is 10.2 Å². The van der Waals surface area contributed by atoms with Crippen molar-refractivity contribution in [3.63, 3.8) is 0 Å². The highest BCUT2D eigenvalue weighted by Gasteiger charge is 2.44. The molecule has 0 radical (unpaired) electrons. The fourth-order valence-electron chi connectivity index (χ4n) is 9.32. The number of carbonyl (C=O) groups is 2. The van der Waals surface area contributed by atoms with Gasteiger partial charge in [0.2, 0.25) is 17.8 Å². The monoisotopic (exact) mass is 895 g/mol. The van der Waals surface area contributed by atoms with Crippen LogP contribution in [0.5, 0.6) is 5.75 Å². The van der Waals surface area contributed by atoms with Gasteiger partial charge in [-0.15, -0.1) is 32.9 Å². The normalized spacial score (nSPS) is 19.8. The molecule has 5 atom stereocenters. The van der Waals surface area contributed by atoms with Crippen LogP contribution >= 0.6 is 22.7 Å². The van der Waals surface area contributed by atoms with Crippen LogP contribution in [0.3, 0.4) is 0 Å². The highest BCUT2D eigenvalue weighted by atomic mass is 32.1. The number of hydrogen-bond donors (Lipinski definition) is 3. The van der Waals surface area contributed by atoms with Crippen LogP contribution in [0.25, 0.3) is 43.2 Å². The van der Waals surface area contributed by atoms with Crippen molar-refractivity contribution in [3.8, 4) is 38.7 Å². The number of benzene rings is 2. The van der Waals surface area contributed by atoms with E-state index in [0.717, 1.165) is 64.3 Å². The van der Waals surface area contributed by atoms with E-state index in [1.807, 2.05) is 69.6 Å². The molecule has 1 aliphatic carbocycles. The molecule has 7 aromatic rings. The zero-order valence-electron chi connectivity index (χ0n) is 36.0. The summed E-state index contributed by atoms with van der Waals surface area (Å²) in [6, 6.07) is 18.0. The number of aromatic nitrogens is 6. The van der Waals surface area contributed by atoms with Gasteiger partial charge in [-0.3, -0.25) is 9.59 Å². The Morgan fingerprint density at radius 2 is 1.69 bits per heavy atom. The van der Waals surface area contributed by atoms with E-state index < -0.39 is 18.1 Å². The van der Waals surface area contributed by atoms with Gasteiger partial charge in [0.25, 0.3) is 0 Å². The second-order valence-electron chi connectivity index (χ2n) is 17.7. The molecule has 2 amide bonds. The molecular weight excluding hydrogens is 847 g/mol. The predicted octanol–water partition coefficient (Wildman–Crippen LogP) is 8.39. The molecule has 2 saturated heterocycles. The van der Waals surface area contributed by atoms with E-state index in [9.17, 15) is 19.8 Å². The number of amides is 2. The minimum atomic E-state index is -0.838. The minimum Gasteiger partial charge on any atom is -0.507 e. The number of aliphatic hydroxyl groups excluding tert-OH is 1. The second-order valence-corrected chi connectivity index (χ2v) is 19.6. The third kappa shape index (κ3) is 8.02. The Balaban J connectivity index is 0.807. The van der Waals surface area contributed by atoms with Gasteiger partial charge in [-0.2, -0.15) is 0 Å². The highest BCUT2D eigenvalue weighted by Crippen LogP contribution is 2.51. The first-order valence-corrected chi connectivity index (χ1v) is 23.6. The van der Waals surface area contributed by atoms with Crippen LogP contribution in [-0.2, 0) is 9.59 Å². The summed E-state index contributed by atoms with van der Waals surface area (Å²) in [5.74, 6) is 0.476. The average Bonchev–Trinajstić information content (AvgIpc) is 3.81. The molecular formula is C48H49N9O5S2. The number of aromatic hydroxyl groups is 1. The number of β-amino-alcohol motifs (C(OH)–C–C–N with tert-alkyl or cyclic N) is 1. The number of hydrogen-bond acceptors (Lipinski definition) is 14. The zero-order chi connectivity index (χ0) is 44.2. The first-order chi connectivity index (χ1) is 31.0. The molecule has 1 saturated carbocycles. The quantitative estimate of drug-likeness (QED) is 0.107. The summed E-state index contributed by atoms with van der Waals surface area (Å²) in [5.41, 5.74) is 8.70. The van der Waals surface area contributed by atoms with Crippen molar-refractivity contribution in [2.45, 2.75) is 89.3 Å². The van der Waals surface area contributed by atoms with Gasteiger partial charge in [-0.1, -0.05) is 55.4 Å². The maximum absolute atomic E-state index is 14.3. The smallest absolute Gasteiger partial charge is 0.243 e. The number of phenols is 1. The molecule has 0 unspecified atom stereocenters. The molecule has 5 aromatic heterocycles. The Morgan fingerprint density at radius 1 is 0.906 bits per heavy atom. The fourth-order valence-corrected chi connectivity index (χ4v) is 11.4. The zero-order valence-corrected chi connectivity index (χ0v) is 37.6. The summed E-state index contributed by atoms with van der Waals surface area (Å²) < 4.78 is 5.85. The maximum Gasteiger partial charge on any atom is 0.243 e. The molecule has 10 rings (SSSR count). The predicted molar refractivity (Wildman–Crippen MR) is 246 cm³/mol. The minimum absolute atomic E-state index is 0.0462. The van der Waals surface area contributed by atoms with Gasteiger partial charge in [0.1, 0.15) is 34.0 Å². The number of aliphatic hydroxyl groups is 1. The first-order valence-electron chi connectivity index (χ1n) is 21.9. The van der Waals surface area contributed by atoms with Crippen molar-refractivity contribution in [2.24, 2.45) is 5.92 Å². The number of nitrogens with one attached hydrogen (secondary N) is 1. The SMILES string of the molecule is Cc1ncsc1-c1ccc([C@H](C)NC(=O)[C@@H]2C[C@@H](O)CN2C(=O)[C@@H](c2cc(-c3cnc(N4CC[C@H](c5sc6nnc(-c7ccccc7O)cc6c5C5CC5)C4)nc3)no2)C(C)C)cc1. The molecule has 16 heteroatoms. The van der Waals surface area contributed by atoms with Crippen LogP contribution in [0.1, 0.15) is 97.7 Å². The van der Waals surface area contributed by atoms with E-state index in [1.165, 1.54) is 15.3 Å². The Morgan fingerprint density at radius 3 is 2.41 bits per heavy atom. The number of rotatable bonds is 12. The number of aryl methyl sites for hydroxylation is 1. The van der Waals surface area contributed by atoms with E-state index in [-0.39, 0.29) is 42.5 Å². The van der Waals surface area contributed by atoms with E-state index in [2.05, 4.69) is 36.6 Å². The molecule has 64 heavy (non-hydrogen) atoms. The number of thiazole rings is 1. The van der Waals surface area contributed by atoms with E-state index in [1.54, 1.807) is 53.3 Å². The van der Waals surface area contributed by atoms with Crippen LogP contribution in [0.4, 0.5) is 5.95 Å². The van der Waals surface area contributed by atoms with Crippen molar-refractivity contribution in [1.82, 2.24) is 40.5 Å². The molecule has 14 nitrogen and oxygen atoms in total. The Kier molecular flexibility index (Phi) is 11.2. The van der Waals surface area contributed by atoms with Gasteiger partial charge in [0.05, 0.1) is 33.9 Å². The van der Waals surface area contributed by atoms with Crippen LogP contribution in [-0.4, -0.2) is 89.0 Å². The van der Waals surface area contributed by atoms with Crippen LogP contribution in [0.15, 0.2) is 83.1 Å². The van der Waals surface area contributed by atoms with Gasteiger partial charge in [0, 0.05) is 71.8 Å². The molecule has 7 heterocycles. The maximum atomic E-state index is 14.3. The third-order valence-corrected chi connectivity index (χ3v) is 15.1. The van der Waals surface area contributed by atoms with Crippen LogP contribution in [0, 0.1) is 12.8 Å². The lowest BCUT2D eigenvalue weighted by Gasteiger charge is -2.29. The van der Waals surface area contributed by atoms with Crippen molar-refractivity contribution in [3.05, 3.63) is 106 Å². The lowest BCUT2D eigenvalue weighted by molar-refractivity contribution is -0.141. The average molecular weight is 896 g/mol. The van der Waals surface area contributed by atoms with Gasteiger partial charge < -0.3 is 29.9 Å². The number of anilines is 1. The van der Waals surface area contributed by atoms with Gasteiger partial charge in [0.15, 0.2) is 0 Å². The summed E-state index contributed by atoms with van der Waals surface area (Å²) in [6.45, 7) is 9.40. The number of likely N-dealkylation sites (tertiary alicyclic amines) is 1. The highest BCUT2D eigenvalue weighted by molar-refractivity contribution is 7.19. The van der Waals surface area contributed by atoms with Crippen LogP contribution in [0.2, 0.25) is 0 Å². The first kappa shape index (κ1) is 41.9. The number of carbonyl (C=O) groups excluding carboxylic acids is 2. The summed E-state index contributed by atoms with van der Waals surface area (Å²) in [6.07, 6.45) is 6.07. The fraction of sp³-hybridized carbons (Fsp3) is 0.375. The standard InChI is InChI=1S/C48H49N9O5S2/c1-25(2)41(47(61)57-23-33(58)17-38(57)45(60)52-26(3)28-9-13-30(14-10-28)43-27(4)51-24-63-43)40-19-36(55-62-40)32-20-49-48(50-21-32)56-16-15-31(22-56)44-42(29-11-12-29)35-18-37(53-54-46(35)64-44)34-7-5-6-8-39(34)59/h5-10,13-14,18-21,24-26,29,31,33,38,41,58-59H,11-12,15-17,22-23H2,1-4H3,(H,52,60)/t26-,31-,33+,38-,41+/m0/s1. The number of fused-ring (bicyclic) bond motifs is 1. The number of thiophene rings is 1. The molecule has 328 valence electrons. The number of nitrogens with zero attached hydrogens (tertiary/aromatic N) is 8. The Hall–Kier alpha value is -6.10. The molecule has 0 bridgehead atoms. The lowest BCUT2D eigenvalue weighted by atomic mass is 9.91. The molecule has 3 N–H and O–H groups in total. The third-order valence-electron chi connectivity index (χ3n) is 12.9. The van der Waals surface area contributed by atoms with Gasteiger partial charge >= 0.3 is 0 Å². The molecule has 2 aliphatic heterocycles. The molecule has 3 aliphatic rings. The van der Waals surface area contributed by atoms with Crippen molar-refractivity contribution in [2.75, 3.05) is 24.5 Å². The second kappa shape index (κ2) is 17.1. The van der Waals surface area contributed by atoms with Crippen molar-refractivity contribution >= 4 is 50.7 Å². The summed E-state index contributed by atoms with van der Waals surface area (Å²) >= 11 is 3.32. The topological polar surface area (TPSA) is 184 Å². The van der Waals surface area contributed by atoms with Gasteiger partial charge in [-0.25, -0.2) is 15.0 Å². The number of phenolic OH excluding ortho intramolecular Hbond substituents is 1. The molecule has 2 aromatic carbocycles. The summed E-state index contributed by atoms with van der Waals surface area (Å²) in [7, 11) is 0. The Labute approximate surface area is 378 Å². The molecule has 3 fully saturated rings. The van der Waals surface area contributed by atoms with E-state index in [0.29, 0.717) is 46.1 Å². The Bertz CT molecular complexity index is 2840. The van der Waals surface area contributed by atoms with Gasteiger partial charge in [-0.05, 0) is 79.8 Å². The van der Waals surface area contributed by atoms with Crippen molar-refractivity contribution < 1.29 is 24.3 Å². The van der Waals surface area contributed by atoms with E-state index >= 15 is 0 Å². The number of para-hydroxylation sites is 1.